The summed E-state index contributed by atoms with van der Waals surface area (Å²) in [6, 6.07) is 8.93. The maximum atomic E-state index is 12.2. The minimum absolute atomic E-state index is 0.230. The molecule has 1 N–H and O–H groups in total. The fourth-order valence-corrected chi connectivity index (χ4v) is 3.46. The number of nitrogens with zero attached hydrogens (tertiary/aromatic N) is 1. The Morgan fingerprint density at radius 2 is 2.15 bits per heavy atom. The Bertz CT molecular complexity index is 643. The normalized spacial score (nSPS) is 20.9. The van der Waals surface area contributed by atoms with Crippen LogP contribution in [0.5, 0.6) is 0 Å². The number of carbonyl (C=O) groups excluding carboxylic acids is 1. The van der Waals surface area contributed by atoms with E-state index < -0.39 is 0 Å². The molecule has 0 bridgehead atoms. The maximum Gasteiger partial charge on any atom is 0.223 e. The van der Waals surface area contributed by atoms with Gasteiger partial charge in [-0.3, -0.25) is 4.79 Å². The Hall–Kier alpha value is -1.77. The summed E-state index contributed by atoms with van der Waals surface area (Å²) < 4.78 is 0. The van der Waals surface area contributed by atoms with E-state index in [9.17, 15) is 4.79 Å². The number of nitrogens with one attached hydrogen (secondary N) is 1. The largest absolute Gasteiger partial charge is 0.358 e. The van der Waals surface area contributed by atoms with Gasteiger partial charge < -0.3 is 9.88 Å². The number of likely N-dealkylation sites (tertiary alicyclic amines) is 1. The standard InChI is InChI=1S/C17H22N2O/c1-4-11(2)19-15(9-10-16(19)20)17-12(3)18-14-8-6-5-7-13(14)17/h5-8,11,15,18H,4,9-10H2,1-3H3. The molecular formula is C17H22N2O. The second kappa shape index (κ2) is 4.97. The van der Waals surface area contributed by atoms with E-state index in [-0.39, 0.29) is 6.04 Å². The first-order chi connectivity index (χ1) is 9.63. The number of benzene rings is 1. The number of rotatable bonds is 3. The molecule has 3 nitrogen and oxygen atoms in total. The summed E-state index contributed by atoms with van der Waals surface area (Å²) in [6.07, 6.45) is 2.61. The molecule has 1 aromatic heterocycles. The van der Waals surface area contributed by atoms with Crippen LogP contribution >= 0.6 is 0 Å². The van der Waals surface area contributed by atoms with E-state index in [1.165, 1.54) is 22.2 Å². The molecule has 3 heteroatoms. The van der Waals surface area contributed by atoms with Crippen LogP contribution in [0.25, 0.3) is 10.9 Å². The van der Waals surface area contributed by atoms with Gasteiger partial charge in [-0.05, 0) is 32.8 Å². The highest BCUT2D eigenvalue weighted by Gasteiger charge is 2.36. The van der Waals surface area contributed by atoms with Crippen molar-refractivity contribution in [2.45, 2.75) is 52.1 Å². The van der Waals surface area contributed by atoms with Crippen molar-refractivity contribution in [2.75, 3.05) is 0 Å². The summed E-state index contributed by atoms with van der Waals surface area (Å²) >= 11 is 0. The van der Waals surface area contributed by atoms with Crippen molar-refractivity contribution in [1.29, 1.82) is 0 Å². The quantitative estimate of drug-likeness (QED) is 0.901. The molecule has 2 atom stereocenters. The minimum atomic E-state index is 0.230. The number of H-pyrrole nitrogens is 1. The highest BCUT2D eigenvalue weighted by molar-refractivity contribution is 5.87. The van der Waals surface area contributed by atoms with Crippen molar-refractivity contribution < 1.29 is 4.79 Å². The predicted octanol–water partition coefficient (Wildman–Crippen LogP) is 3.94. The van der Waals surface area contributed by atoms with Gasteiger partial charge in [0.2, 0.25) is 5.91 Å². The summed E-state index contributed by atoms with van der Waals surface area (Å²) in [6.45, 7) is 6.42. The molecular weight excluding hydrogens is 248 g/mol. The van der Waals surface area contributed by atoms with E-state index in [0.717, 1.165) is 12.8 Å². The highest BCUT2D eigenvalue weighted by Crippen LogP contribution is 2.40. The van der Waals surface area contributed by atoms with E-state index in [0.29, 0.717) is 18.4 Å². The Morgan fingerprint density at radius 1 is 1.40 bits per heavy atom. The lowest BCUT2D eigenvalue weighted by atomic mass is 9.99. The molecule has 0 aliphatic carbocycles. The van der Waals surface area contributed by atoms with Crippen LogP contribution in [-0.4, -0.2) is 21.8 Å². The van der Waals surface area contributed by atoms with Crippen LogP contribution in [0.1, 0.15) is 50.4 Å². The van der Waals surface area contributed by atoms with Crippen LogP contribution in [0, 0.1) is 6.92 Å². The van der Waals surface area contributed by atoms with Gasteiger partial charge in [0, 0.05) is 34.6 Å². The molecule has 0 spiro atoms. The summed E-state index contributed by atoms with van der Waals surface area (Å²) in [5.41, 5.74) is 3.68. The summed E-state index contributed by atoms with van der Waals surface area (Å²) in [5.74, 6) is 0.300. The lowest BCUT2D eigenvalue weighted by molar-refractivity contribution is -0.131. The summed E-state index contributed by atoms with van der Waals surface area (Å²) in [7, 11) is 0. The van der Waals surface area contributed by atoms with Crippen molar-refractivity contribution in [3.05, 3.63) is 35.5 Å². The van der Waals surface area contributed by atoms with Crippen LogP contribution in [0.2, 0.25) is 0 Å². The highest BCUT2D eigenvalue weighted by atomic mass is 16.2. The molecule has 1 fully saturated rings. The number of carbonyl (C=O) groups is 1. The first kappa shape index (κ1) is 13.2. The second-order valence-corrected chi connectivity index (χ2v) is 5.82. The average molecular weight is 270 g/mol. The first-order valence-corrected chi connectivity index (χ1v) is 7.51. The molecule has 0 saturated carbocycles. The molecule has 20 heavy (non-hydrogen) atoms. The molecule has 2 aromatic rings. The van der Waals surface area contributed by atoms with Crippen molar-refractivity contribution in [3.63, 3.8) is 0 Å². The molecule has 1 saturated heterocycles. The van der Waals surface area contributed by atoms with Crippen LogP contribution in [-0.2, 0) is 4.79 Å². The number of aromatic amines is 1. The molecule has 106 valence electrons. The Labute approximate surface area is 120 Å². The van der Waals surface area contributed by atoms with E-state index >= 15 is 0 Å². The fourth-order valence-electron chi connectivity index (χ4n) is 3.46. The SMILES string of the molecule is CCC(C)N1C(=O)CCC1c1c(C)[nH]c2ccccc12. The fraction of sp³-hybridized carbons (Fsp3) is 0.471. The van der Waals surface area contributed by atoms with Crippen LogP contribution in [0.15, 0.2) is 24.3 Å². The summed E-state index contributed by atoms with van der Waals surface area (Å²) in [5, 5.41) is 1.26. The van der Waals surface area contributed by atoms with Crippen molar-refractivity contribution in [1.82, 2.24) is 9.88 Å². The molecule has 1 aliphatic rings. The number of hydrogen-bond donors (Lipinski definition) is 1. The zero-order valence-electron chi connectivity index (χ0n) is 12.4. The third-order valence-electron chi connectivity index (χ3n) is 4.60. The maximum absolute atomic E-state index is 12.2. The first-order valence-electron chi connectivity index (χ1n) is 7.51. The zero-order chi connectivity index (χ0) is 14.3. The van der Waals surface area contributed by atoms with Crippen LogP contribution < -0.4 is 0 Å². The van der Waals surface area contributed by atoms with Gasteiger partial charge in [0.1, 0.15) is 0 Å². The number of fused-ring (bicyclic) bond motifs is 1. The van der Waals surface area contributed by atoms with Crippen LogP contribution in [0.3, 0.4) is 0 Å². The lowest BCUT2D eigenvalue weighted by Gasteiger charge is -2.31. The third-order valence-corrected chi connectivity index (χ3v) is 4.60. The number of aryl methyl sites for hydroxylation is 1. The topological polar surface area (TPSA) is 36.1 Å². The summed E-state index contributed by atoms with van der Waals surface area (Å²) in [4.78, 5) is 17.8. The second-order valence-electron chi connectivity index (χ2n) is 5.82. The monoisotopic (exact) mass is 270 g/mol. The number of hydrogen-bond acceptors (Lipinski definition) is 1. The molecule has 1 aromatic carbocycles. The third kappa shape index (κ3) is 1.92. The Morgan fingerprint density at radius 3 is 2.90 bits per heavy atom. The molecule has 2 unspecified atom stereocenters. The van der Waals surface area contributed by atoms with Crippen molar-refractivity contribution in [2.24, 2.45) is 0 Å². The molecule has 1 amide bonds. The predicted molar refractivity (Wildman–Crippen MR) is 81.6 cm³/mol. The van der Waals surface area contributed by atoms with Crippen molar-refractivity contribution >= 4 is 16.8 Å². The van der Waals surface area contributed by atoms with E-state index in [2.05, 4.69) is 48.9 Å². The van der Waals surface area contributed by atoms with Gasteiger partial charge in [-0.15, -0.1) is 0 Å². The number of amides is 1. The Kier molecular flexibility index (Phi) is 3.28. The molecule has 3 rings (SSSR count). The zero-order valence-corrected chi connectivity index (χ0v) is 12.4. The molecule has 2 heterocycles. The van der Waals surface area contributed by atoms with E-state index in [1.807, 2.05) is 6.07 Å². The Balaban J connectivity index is 2.10. The van der Waals surface area contributed by atoms with E-state index in [1.54, 1.807) is 0 Å². The van der Waals surface area contributed by atoms with Crippen LogP contribution in [0.4, 0.5) is 0 Å². The number of para-hydroxylation sites is 1. The molecule has 0 radical (unpaired) electrons. The average Bonchev–Trinajstić information content (AvgIpc) is 2.97. The van der Waals surface area contributed by atoms with Gasteiger partial charge in [-0.25, -0.2) is 0 Å². The van der Waals surface area contributed by atoms with Gasteiger partial charge in [-0.1, -0.05) is 25.1 Å². The van der Waals surface area contributed by atoms with Gasteiger partial charge >= 0.3 is 0 Å². The van der Waals surface area contributed by atoms with Gasteiger partial charge in [0.25, 0.3) is 0 Å². The minimum Gasteiger partial charge on any atom is -0.358 e. The molecule has 1 aliphatic heterocycles. The van der Waals surface area contributed by atoms with Gasteiger partial charge in [0.05, 0.1) is 6.04 Å². The number of aromatic nitrogens is 1. The van der Waals surface area contributed by atoms with Crippen molar-refractivity contribution in [3.8, 4) is 0 Å². The van der Waals surface area contributed by atoms with E-state index in [4.69, 9.17) is 0 Å². The van der Waals surface area contributed by atoms with Gasteiger partial charge in [-0.2, -0.15) is 0 Å². The smallest absolute Gasteiger partial charge is 0.223 e. The van der Waals surface area contributed by atoms with Gasteiger partial charge in [0.15, 0.2) is 0 Å². The lowest BCUT2D eigenvalue weighted by Crippen LogP contribution is -2.35.